The van der Waals surface area contributed by atoms with Gasteiger partial charge in [-0.05, 0) is 38.1 Å². The van der Waals surface area contributed by atoms with Gasteiger partial charge < -0.3 is 10.4 Å². The molecule has 3 nitrogen and oxygen atoms in total. The van der Waals surface area contributed by atoms with E-state index in [4.69, 9.17) is 5.11 Å². The number of hydrogen-bond acceptors (Lipinski definition) is 2. The molecule has 0 aliphatic heterocycles. The van der Waals surface area contributed by atoms with Gasteiger partial charge in [0.05, 0.1) is 6.61 Å². The average molecular weight is 231 g/mol. The Balaban J connectivity index is 2.68. The van der Waals surface area contributed by atoms with Crippen molar-refractivity contribution in [3.63, 3.8) is 0 Å². The summed E-state index contributed by atoms with van der Waals surface area (Å²) in [6, 6.07) is 7.24. The number of rotatable bonds is 3. The fraction of sp³-hybridized carbons (Fsp3) is 0.357. The summed E-state index contributed by atoms with van der Waals surface area (Å²) in [5.41, 5.74) is 1.48. The lowest BCUT2D eigenvalue weighted by Crippen LogP contribution is -2.29. The van der Waals surface area contributed by atoms with Gasteiger partial charge in [0.25, 0.3) is 5.91 Å². The van der Waals surface area contributed by atoms with Crippen molar-refractivity contribution in [3.8, 4) is 11.8 Å². The van der Waals surface area contributed by atoms with E-state index in [1.807, 2.05) is 13.8 Å². The summed E-state index contributed by atoms with van der Waals surface area (Å²) in [6.45, 7) is 3.92. The van der Waals surface area contributed by atoms with E-state index in [1.165, 1.54) is 0 Å². The second-order valence-electron chi connectivity index (χ2n) is 3.98. The summed E-state index contributed by atoms with van der Waals surface area (Å²) >= 11 is 0. The van der Waals surface area contributed by atoms with Crippen LogP contribution in [0.2, 0.25) is 0 Å². The molecule has 3 heteroatoms. The quantitative estimate of drug-likeness (QED) is 0.776. The van der Waals surface area contributed by atoms with E-state index in [0.29, 0.717) is 12.0 Å². The minimum Gasteiger partial charge on any atom is -0.395 e. The minimum absolute atomic E-state index is 0.0713. The van der Waals surface area contributed by atoms with Crippen LogP contribution in [-0.4, -0.2) is 23.7 Å². The maximum absolute atomic E-state index is 11.6. The molecule has 0 heterocycles. The average Bonchev–Trinajstić information content (AvgIpc) is 2.29. The molecule has 0 saturated carbocycles. The van der Waals surface area contributed by atoms with Crippen LogP contribution < -0.4 is 5.32 Å². The third kappa shape index (κ3) is 4.71. The molecule has 0 aliphatic rings. The Kier molecular flexibility index (Phi) is 5.25. The van der Waals surface area contributed by atoms with E-state index in [9.17, 15) is 4.79 Å². The maximum atomic E-state index is 11.6. The van der Waals surface area contributed by atoms with Crippen LogP contribution in [0.4, 0.5) is 0 Å². The van der Waals surface area contributed by atoms with E-state index >= 15 is 0 Å². The zero-order valence-corrected chi connectivity index (χ0v) is 10.2. The molecule has 1 aromatic carbocycles. The number of carbonyl (C=O) groups excluding carboxylic acids is 1. The van der Waals surface area contributed by atoms with Crippen LogP contribution in [0.3, 0.4) is 0 Å². The van der Waals surface area contributed by atoms with Gasteiger partial charge in [0.15, 0.2) is 0 Å². The predicted octanol–water partition coefficient (Wildman–Crippen LogP) is 1.56. The first kappa shape index (κ1) is 13.3. The van der Waals surface area contributed by atoms with E-state index < -0.39 is 0 Å². The molecular formula is C14H17NO2. The Morgan fingerprint density at radius 3 is 2.53 bits per heavy atom. The zero-order chi connectivity index (χ0) is 12.7. The Hall–Kier alpha value is -1.79. The van der Waals surface area contributed by atoms with Crippen molar-refractivity contribution in [2.24, 2.45) is 0 Å². The summed E-state index contributed by atoms with van der Waals surface area (Å²) in [6.07, 6.45) is 0.468. The first-order chi connectivity index (χ1) is 8.13. The van der Waals surface area contributed by atoms with Crippen molar-refractivity contribution >= 4 is 5.91 Å². The van der Waals surface area contributed by atoms with E-state index in [2.05, 4.69) is 17.2 Å². The van der Waals surface area contributed by atoms with Gasteiger partial charge in [-0.2, -0.15) is 0 Å². The molecule has 0 aliphatic carbocycles. The topological polar surface area (TPSA) is 49.3 Å². The summed E-state index contributed by atoms with van der Waals surface area (Å²) in [5.74, 6) is 5.67. The monoisotopic (exact) mass is 231 g/mol. The maximum Gasteiger partial charge on any atom is 0.251 e. The van der Waals surface area contributed by atoms with Gasteiger partial charge in [0, 0.05) is 23.6 Å². The van der Waals surface area contributed by atoms with Gasteiger partial charge in [-0.3, -0.25) is 4.79 Å². The van der Waals surface area contributed by atoms with Crippen molar-refractivity contribution in [1.82, 2.24) is 5.32 Å². The minimum atomic E-state index is -0.0742. The fourth-order valence-electron chi connectivity index (χ4n) is 1.27. The number of hydrogen-bond donors (Lipinski definition) is 2. The van der Waals surface area contributed by atoms with Gasteiger partial charge in [-0.1, -0.05) is 11.8 Å². The molecule has 0 spiro atoms. The van der Waals surface area contributed by atoms with Crippen LogP contribution in [-0.2, 0) is 0 Å². The standard InChI is InChI=1S/C14H17NO2/c1-11(2)15-14(17)13-8-6-12(7-9-13)5-3-4-10-16/h6-9,11,16H,4,10H2,1-2H3,(H,15,17). The molecule has 1 amide bonds. The highest BCUT2D eigenvalue weighted by molar-refractivity contribution is 5.94. The molecular weight excluding hydrogens is 214 g/mol. The molecule has 2 N–H and O–H groups in total. The smallest absolute Gasteiger partial charge is 0.251 e. The molecule has 17 heavy (non-hydrogen) atoms. The van der Waals surface area contributed by atoms with Crippen molar-refractivity contribution in [3.05, 3.63) is 35.4 Å². The second-order valence-corrected chi connectivity index (χ2v) is 3.98. The number of benzene rings is 1. The fourth-order valence-corrected chi connectivity index (χ4v) is 1.27. The lowest BCUT2D eigenvalue weighted by molar-refractivity contribution is 0.0943. The highest BCUT2D eigenvalue weighted by atomic mass is 16.2. The van der Waals surface area contributed by atoms with Gasteiger partial charge in [0.2, 0.25) is 0 Å². The molecule has 0 atom stereocenters. The van der Waals surface area contributed by atoms with Crippen molar-refractivity contribution < 1.29 is 9.90 Å². The summed E-state index contributed by atoms with van der Waals surface area (Å²) in [4.78, 5) is 11.6. The van der Waals surface area contributed by atoms with E-state index in [1.54, 1.807) is 24.3 Å². The SMILES string of the molecule is CC(C)NC(=O)c1ccc(C#CCCO)cc1. The second kappa shape index (κ2) is 6.72. The van der Waals surface area contributed by atoms with Gasteiger partial charge >= 0.3 is 0 Å². The molecule has 0 bridgehead atoms. The number of amides is 1. The van der Waals surface area contributed by atoms with Gasteiger partial charge in [-0.15, -0.1) is 0 Å². The molecule has 0 unspecified atom stereocenters. The predicted molar refractivity (Wildman–Crippen MR) is 67.6 cm³/mol. The molecule has 0 radical (unpaired) electrons. The van der Waals surface area contributed by atoms with Gasteiger partial charge in [-0.25, -0.2) is 0 Å². The van der Waals surface area contributed by atoms with Crippen molar-refractivity contribution in [2.75, 3.05) is 6.61 Å². The zero-order valence-electron chi connectivity index (χ0n) is 10.2. The molecule has 0 fully saturated rings. The largest absolute Gasteiger partial charge is 0.395 e. The lowest BCUT2D eigenvalue weighted by Gasteiger charge is -2.07. The number of nitrogens with one attached hydrogen (secondary N) is 1. The summed E-state index contributed by atoms with van der Waals surface area (Å²) < 4.78 is 0. The third-order valence-corrected chi connectivity index (χ3v) is 2.04. The Bertz CT molecular complexity index is 424. The first-order valence-electron chi connectivity index (χ1n) is 5.64. The number of aliphatic hydroxyl groups excluding tert-OH is 1. The van der Waals surface area contributed by atoms with Crippen LogP contribution in [0.1, 0.15) is 36.2 Å². The van der Waals surface area contributed by atoms with Crippen molar-refractivity contribution in [2.45, 2.75) is 26.3 Å². The molecule has 0 aromatic heterocycles. The first-order valence-corrected chi connectivity index (χ1v) is 5.64. The van der Waals surface area contributed by atoms with Crippen LogP contribution in [0.5, 0.6) is 0 Å². The van der Waals surface area contributed by atoms with Crippen LogP contribution in [0.25, 0.3) is 0 Å². The Morgan fingerprint density at radius 2 is 2.00 bits per heavy atom. The summed E-state index contributed by atoms with van der Waals surface area (Å²) in [5, 5.41) is 11.4. The lowest BCUT2D eigenvalue weighted by atomic mass is 10.1. The number of aliphatic hydroxyl groups is 1. The molecule has 1 aromatic rings. The molecule has 90 valence electrons. The van der Waals surface area contributed by atoms with Crippen LogP contribution >= 0.6 is 0 Å². The van der Waals surface area contributed by atoms with Crippen LogP contribution in [0, 0.1) is 11.8 Å². The normalized spacial score (nSPS) is 9.65. The Labute approximate surface area is 102 Å². The molecule has 1 rings (SSSR count). The van der Waals surface area contributed by atoms with Crippen molar-refractivity contribution in [1.29, 1.82) is 0 Å². The third-order valence-electron chi connectivity index (χ3n) is 2.04. The molecule has 0 saturated heterocycles. The highest BCUT2D eigenvalue weighted by Crippen LogP contribution is 2.03. The number of carbonyl (C=O) groups is 1. The van der Waals surface area contributed by atoms with E-state index in [0.717, 1.165) is 5.56 Å². The summed E-state index contributed by atoms with van der Waals surface area (Å²) in [7, 11) is 0. The van der Waals surface area contributed by atoms with Crippen LogP contribution in [0.15, 0.2) is 24.3 Å². The Morgan fingerprint density at radius 1 is 1.35 bits per heavy atom. The van der Waals surface area contributed by atoms with E-state index in [-0.39, 0.29) is 18.6 Å². The highest BCUT2D eigenvalue weighted by Gasteiger charge is 2.05. The van der Waals surface area contributed by atoms with Gasteiger partial charge in [0.1, 0.15) is 0 Å².